The Kier molecular flexibility index (Phi) is 3.19. The van der Waals surface area contributed by atoms with Gasteiger partial charge in [-0.15, -0.1) is 0 Å². The van der Waals surface area contributed by atoms with Crippen molar-refractivity contribution in [2.45, 2.75) is 6.92 Å². The standard InChI is InChI=1S/C12H13N5O2/c1-7-2-4-8(5-3-7)17-6-9(15-12(14)19)10(16-17)11(13)18/h2-6H,1H3,(H2,13,18)(H3,14,15,19). The van der Waals surface area contributed by atoms with Crippen LogP contribution in [0.3, 0.4) is 0 Å². The Morgan fingerprint density at radius 2 is 1.84 bits per heavy atom. The molecule has 2 aromatic rings. The number of rotatable bonds is 3. The van der Waals surface area contributed by atoms with Gasteiger partial charge in [-0.3, -0.25) is 4.79 Å². The van der Waals surface area contributed by atoms with Crippen LogP contribution in [0.1, 0.15) is 16.1 Å². The van der Waals surface area contributed by atoms with E-state index >= 15 is 0 Å². The summed E-state index contributed by atoms with van der Waals surface area (Å²) in [6.45, 7) is 1.96. The number of aryl methyl sites for hydroxylation is 1. The van der Waals surface area contributed by atoms with Crippen LogP contribution in [0.4, 0.5) is 10.5 Å². The molecular formula is C12H13N5O2. The number of hydrogen-bond donors (Lipinski definition) is 3. The molecule has 1 aromatic carbocycles. The van der Waals surface area contributed by atoms with E-state index in [4.69, 9.17) is 11.5 Å². The van der Waals surface area contributed by atoms with E-state index in [1.807, 2.05) is 31.2 Å². The van der Waals surface area contributed by atoms with Crippen LogP contribution in [0.5, 0.6) is 0 Å². The fourth-order valence-corrected chi connectivity index (χ4v) is 1.61. The number of urea groups is 1. The van der Waals surface area contributed by atoms with Crippen LogP contribution in [0, 0.1) is 6.92 Å². The molecule has 0 aliphatic rings. The second kappa shape index (κ2) is 4.81. The summed E-state index contributed by atoms with van der Waals surface area (Å²) in [5.74, 6) is -0.741. The highest BCUT2D eigenvalue weighted by atomic mass is 16.2. The molecule has 5 N–H and O–H groups in total. The van der Waals surface area contributed by atoms with Crippen LogP contribution in [-0.2, 0) is 0 Å². The van der Waals surface area contributed by atoms with Gasteiger partial charge in [-0.2, -0.15) is 5.10 Å². The van der Waals surface area contributed by atoms with E-state index in [-0.39, 0.29) is 11.4 Å². The number of primary amides is 2. The number of carbonyl (C=O) groups excluding carboxylic acids is 2. The molecule has 0 aliphatic heterocycles. The number of anilines is 1. The van der Waals surface area contributed by atoms with Crippen molar-refractivity contribution < 1.29 is 9.59 Å². The second-order valence-corrected chi connectivity index (χ2v) is 4.03. The molecule has 98 valence electrons. The third-order valence-electron chi connectivity index (χ3n) is 2.50. The minimum atomic E-state index is -0.786. The quantitative estimate of drug-likeness (QED) is 0.755. The summed E-state index contributed by atoms with van der Waals surface area (Å²) in [4.78, 5) is 22.1. The highest BCUT2D eigenvalue weighted by molar-refractivity contribution is 6.00. The van der Waals surface area contributed by atoms with Gasteiger partial charge in [0.05, 0.1) is 17.6 Å². The summed E-state index contributed by atoms with van der Waals surface area (Å²) in [7, 11) is 0. The molecule has 19 heavy (non-hydrogen) atoms. The average molecular weight is 259 g/mol. The number of nitrogens with zero attached hydrogens (tertiary/aromatic N) is 2. The molecule has 0 unspecified atom stereocenters. The van der Waals surface area contributed by atoms with Crippen molar-refractivity contribution in [1.29, 1.82) is 0 Å². The number of hydrogen-bond acceptors (Lipinski definition) is 3. The Morgan fingerprint density at radius 1 is 1.21 bits per heavy atom. The van der Waals surface area contributed by atoms with Gasteiger partial charge in [0, 0.05) is 0 Å². The Balaban J connectivity index is 2.45. The van der Waals surface area contributed by atoms with E-state index in [9.17, 15) is 9.59 Å². The van der Waals surface area contributed by atoms with Gasteiger partial charge < -0.3 is 16.8 Å². The van der Waals surface area contributed by atoms with Gasteiger partial charge >= 0.3 is 6.03 Å². The van der Waals surface area contributed by atoms with Crippen LogP contribution < -0.4 is 16.8 Å². The van der Waals surface area contributed by atoms with Crippen molar-refractivity contribution in [1.82, 2.24) is 9.78 Å². The molecule has 0 spiro atoms. The lowest BCUT2D eigenvalue weighted by Gasteiger charge is -2.00. The van der Waals surface area contributed by atoms with Crippen molar-refractivity contribution in [2.75, 3.05) is 5.32 Å². The molecule has 0 aliphatic carbocycles. The monoisotopic (exact) mass is 259 g/mol. The van der Waals surface area contributed by atoms with Crippen molar-refractivity contribution in [2.24, 2.45) is 11.5 Å². The zero-order valence-electron chi connectivity index (χ0n) is 10.3. The van der Waals surface area contributed by atoms with Crippen molar-refractivity contribution in [3.8, 4) is 5.69 Å². The maximum Gasteiger partial charge on any atom is 0.316 e. The van der Waals surface area contributed by atoms with Gasteiger partial charge in [0.1, 0.15) is 0 Å². The maximum absolute atomic E-state index is 11.3. The normalized spacial score (nSPS) is 10.2. The van der Waals surface area contributed by atoms with Crippen molar-refractivity contribution >= 4 is 17.6 Å². The van der Waals surface area contributed by atoms with Crippen molar-refractivity contribution in [3.63, 3.8) is 0 Å². The number of benzene rings is 1. The average Bonchev–Trinajstić information content (AvgIpc) is 2.73. The summed E-state index contributed by atoms with van der Waals surface area (Å²) in [5.41, 5.74) is 12.2. The fourth-order valence-electron chi connectivity index (χ4n) is 1.61. The van der Waals surface area contributed by atoms with Gasteiger partial charge in [0.15, 0.2) is 5.69 Å². The first kappa shape index (κ1) is 12.6. The molecule has 1 aromatic heterocycles. The van der Waals surface area contributed by atoms with Crippen LogP contribution in [0.25, 0.3) is 5.69 Å². The van der Waals surface area contributed by atoms with Gasteiger partial charge in [-0.05, 0) is 19.1 Å². The Bertz CT molecular complexity index is 630. The fraction of sp³-hybridized carbons (Fsp3) is 0.0833. The zero-order valence-corrected chi connectivity index (χ0v) is 10.3. The van der Waals surface area contributed by atoms with Gasteiger partial charge in [-0.25, -0.2) is 9.48 Å². The first-order valence-electron chi connectivity index (χ1n) is 5.50. The Labute approximate surface area is 109 Å². The molecule has 3 amide bonds. The predicted molar refractivity (Wildman–Crippen MR) is 70.0 cm³/mol. The third-order valence-corrected chi connectivity index (χ3v) is 2.50. The summed E-state index contributed by atoms with van der Waals surface area (Å²) < 4.78 is 1.45. The number of carbonyl (C=O) groups is 2. The lowest BCUT2D eigenvalue weighted by molar-refractivity contribution is 0.0996. The van der Waals surface area contributed by atoms with E-state index in [0.717, 1.165) is 11.3 Å². The number of aromatic nitrogens is 2. The summed E-state index contributed by atoms with van der Waals surface area (Å²) in [5, 5.41) is 6.35. The van der Waals surface area contributed by atoms with Crippen LogP contribution in [-0.4, -0.2) is 21.7 Å². The highest BCUT2D eigenvalue weighted by Crippen LogP contribution is 2.17. The predicted octanol–water partition coefficient (Wildman–Crippen LogP) is 0.770. The minimum absolute atomic E-state index is 0.0422. The van der Waals surface area contributed by atoms with E-state index in [2.05, 4.69) is 10.4 Å². The van der Waals surface area contributed by atoms with Crippen LogP contribution >= 0.6 is 0 Å². The number of amides is 3. The summed E-state index contributed by atoms with van der Waals surface area (Å²) in [6.07, 6.45) is 1.48. The lowest BCUT2D eigenvalue weighted by Crippen LogP contribution is -2.22. The van der Waals surface area contributed by atoms with Crippen LogP contribution in [0.15, 0.2) is 30.5 Å². The molecule has 0 fully saturated rings. The molecule has 0 saturated heterocycles. The van der Waals surface area contributed by atoms with Gasteiger partial charge in [0.25, 0.3) is 5.91 Å². The molecule has 0 bridgehead atoms. The Morgan fingerprint density at radius 3 is 2.37 bits per heavy atom. The largest absolute Gasteiger partial charge is 0.364 e. The minimum Gasteiger partial charge on any atom is -0.364 e. The summed E-state index contributed by atoms with van der Waals surface area (Å²) in [6, 6.07) is 6.69. The van der Waals surface area contributed by atoms with E-state index < -0.39 is 11.9 Å². The third kappa shape index (κ3) is 2.71. The molecule has 1 heterocycles. The number of nitrogens with two attached hydrogens (primary N) is 2. The molecule has 0 saturated carbocycles. The molecule has 2 rings (SSSR count). The van der Waals surface area contributed by atoms with Crippen molar-refractivity contribution in [3.05, 3.63) is 41.7 Å². The molecular weight excluding hydrogens is 246 g/mol. The molecule has 0 atom stereocenters. The first-order valence-corrected chi connectivity index (χ1v) is 5.50. The molecule has 0 radical (unpaired) electrons. The van der Waals surface area contributed by atoms with Gasteiger partial charge in [-0.1, -0.05) is 17.7 Å². The van der Waals surface area contributed by atoms with E-state index in [0.29, 0.717) is 0 Å². The topological polar surface area (TPSA) is 116 Å². The highest BCUT2D eigenvalue weighted by Gasteiger charge is 2.15. The van der Waals surface area contributed by atoms with Gasteiger partial charge in [0.2, 0.25) is 0 Å². The van der Waals surface area contributed by atoms with Crippen LogP contribution in [0.2, 0.25) is 0 Å². The SMILES string of the molecule is Cc1ccc(-n2cc(NC(N)=O)c(C(N)=O)n2)cc1. The Hall–Kier alpha value is -2.83. The van der Waals surface area contributed by atoms with E-state index in [1.54, 1.807) is 0 Å². The molecule has 7 nitrogen and oxygen atoms in total. The summed E-state index contributed by atoms with van der Waals surface area (Å²) >= 11 is 0. The van der Waals surface area contributed by atoms with E-state index in [1.165, 1.54) is 10.9 Å². The zero-order chi connectivity index (χ0) is 14.0. The maximum atomic E-state index is 11.3. The second-order valence-electron chi connectivity index (χ2n) is 4.03. The first-order chi connectivity index (χ1) is 8.97. The lowest BCUT2D eigenvalue weighted by atomic mass is 10.2. The molecule has 7 heteroatoms. The smallest absolute Gasteiger partial charge is 0.316 e. The number of nitrogens with one attached hydrogen (secondary N) is 1.